The number of nitrogens with one attached hydrogen (secondary N) is 3. The van der Waals surface area contributed by atoms with Crippen LogP contribution in [0.4, 0.5) is 15.8 Å². The molecule has 3 atom stereocenters. The molecule has 1 unspecified atom stereocenters. The Labute approximate surface area is 217 Å². The van der Waals surface area contributed by atoms with Gasteiger partial charge >= 0.3 is 0 Å². The quantitative estimate of drug-likeness (QED) is 0.317. The normalized spacial score (nSPS) is 21.1. The van der Waals surface area contributed by atoms with Crippen molar-refractivity contribution in [3.05, 3.63) is 64.5 Å². The lowest BCUT2D eigenvalue weighted by molar-refractivity contribution is 0.102. The average Bonchev–Trinajstić information content (AvgIpc) is 3.28. The van der Waals surface area contributed by atoms with Crippen LogP contribution in [-0.4, -0.2) is 56.8 Å². The van der Waals surface area contributed by atoms with Gasteiger partial charge in [-0.2, -0.15) is 17.4 Å². The fourth-order valence-corrected chi connectivity index (χ4v) is 6.81. The lowest BCUT2D eigenvalue weighted by Gasteiger charge is -2.38. The van der Waals surface area contributed by atoms with Crippen LogP contribution in [0, 0.1) is 5.82 Å². The third-order valence-corrected chi connectivity index (χ3v) is 9.18. The average molecular weight is 576 g/mol. The number of thiazole rings is 1. The van der Waals surface area contributed by atoms with E-state index in [0.29, 0.717) is 16.4 Å². The summed E-state index contributed by atoms with van der Waals surface area (Å²) in [4.78, 5) is 5.14. The number of likely N-dealkylation sites (N-methyl/N-ethyl adjacent to an activating group) is 1. The number of hydrogen-bond acceptors (Lipinski definition) is 8. The first-order valence-electron chi connectivity index (χ1n) is 10.5. The second-order valence-electron chi connectivity index (χ2n) is 8.23. The Morgan fingerprint density at radius 3 is 2.56 bits per heavy atom. The van der Waals surface area contributed by atoms with Gasteiger partial charge < -0.3 is 10.4 Å². The van der Waals surface area contributed by atoms with Gasteiger partial charge in [0.15, 0.2) is 0 Å². The van der Waals surface area contributed by atoms with E-state index in [2.05, 4.69) is 19.7 Å². The summed E-state index contributed by atoms with van der Waals surface area (Å²) in [7, 11) is -5.98. The summed E-state index contributed by atoms with van der Waals surface area (Å²) in [6.07, 6.45) is 1.55. The fraction of sp³-hybridized carbons (Fsp3) is 0.286. The van der Waals surface area contributed by atoms with E-state index in [1.54, 1.807) is 30.5 Å². The predicted octanol–water partition coefficient (Wildman–Crippen LogP) is 2.98. The maximum Gasteiger partial charge on any atom is 0.280 e. The molecule has 15 heteroatoms. The summed E-state index contributed by atoms with van der Waals surface area (Å²) in [6, 6.07) is 8.97. The highest BCUT2D eigenvalue weighted by molar-refractivity contribution is 7.92. The number of aliphatic hydroxyl groups excluding tert-OH is 1. The standard InChI is InChI=1S/C21H23ClFN5O5S3/c1-28-18(20(29)25-14-7-8-16(23)15(22)9-14)10-17(27-36(28,32)33)21-24-11-19(34-21)12-3-5-13(6-4-12)26-35(2,30)31/h3-9,11,17-18,20,25-27,29H,10H2,1-2H3/t17-,18+,20?/m0/s1. The highest BCUT2D eigenvalue weighted by Gasteiger charge is 2.41. The maximum absolute atomic E-state index is 13.5. The minimum absolute atomic E-state index is 0.133. The van der Waals surface area contributed by atoms with Gasteiger partial charge in [-0.15, -0.1) is 11.3 Å². The molecule has 4 rings (SSSR count). The van der Waals surface area contributed by atoms with Crippen molar-refractivity contribution in [2.24, 2.45) is 0 Å². The zero-order valence-electron chi connectivity index (χ0n) is 19.0. The molecule has 0 bridgehead atoms. The summed E-state index contributed by atoms with van der Waals surface area (Å²) < 4.78 is 67.8. The van der Waals surface area contributed by atoms with Crippen LogP contribution in [0.25, 0.3) is 10.4 Å². The van der Waals surface area contributed by atoms with E-state index in [4.69, 9.17) is 11.6 Å². The number of sulfonamides is 1. The van der Waals surface area contributed by atoms with E-state index >= 15 is 0 Å². The highest BCUT2D eigenvalue weighted by Crippen LogP contribution is 2.35. The Kier molecular flexibility index (Phi) is 7.57. The van der Waals surface area contributed by atoms with Crippen molar-refractivity contribution in [2.45, 2.75) is 24.7 Å². The van der Waals surface area contributed by atoms with Gasteiger partial charge in [0.05, 0.1) is 28.2 Å². The molecule has 3 aromatic rings. The number of aromatic nitrogens is 1. The fourth-order valence-electron chi connectivity index (χ4n) is 3.71. The van der Waals surface area contributed by atoms with Crippen LogP contribution in [0.15, 0.2) is 48.7 Å². The largest absolute Gasteiger partial charge is 0.372 e. The Morgan fingerprint density at radius 1 is 1.25 bits per heavy atom. The van der Waals surface area contributed by atoms with Crippen LogP contribution in [0.1, 0.15) is 17.5 Å². The van der Waals surface area contributed by atoms with Crippen molar-refractivity contribution in [1.29, 1.82) is 0 Å². The second kappa shape index (κ2) is 10.2. The Bertz CT molecular complexity index is 1470. The number of rotatable bonds is 7. The SMILES string of the molecule is CN1[C@@H](C(O)Nc2ccc(F)c(Cl)c2)C[C@@H](c2ncc(-c3ccc(NS(C)(=O)=O)cc3)s2)NS1(=O)=O. The molecule has 1 saturated heterocycles. The first-order chi connectivity index (χ1) is 16.8. The molecule has 1 fully saturated rings. The van der Waals surface area contributed by atoms with E-state index in [-0.39, 0.29) is 11.4 Å². The maximum atomic E-state index is 13.5. The summed E-state index contributed by atoms with van der Waals surface area (Å²) in [6.45, 7) is 0. The molecule has 0 aliphatic carbocycles. The van der Waals surface area contributed by atoms with Crippen molar-refractivity contribution < 1.29 is 26.3 Å². The Morgan fingerprint density at radius 2 is 1.92 bits per heavy atom. The number of halogens is 2. The molecule has 0 spiro atoms. The molecular formula is C21H23ClFN5O5S3. The van der Waals surface area contributed by atoms with E-state index in [9.17, 15) is 26.3 Å². The van der Waals surface area contributed by atoms with Crippen LogP contribution in [-0.2, 0) is 20.2 Å². The van der Waals surface area contributed by atoms with E-state index in [0.717, 1.165) is 27.1 Å². The van der Waals surface area contributed by atoms with Crippen molar-refractivity contribution in [3.63, 3.8) is 0 Å². The molecule has 0 radical (unpaired) electrons. The molecule has 10 nitrogen and oxygen atoms in total. The van der Waals surface area contributed by atoms with Crippen LogP contribution in [0.2, 0.25) is 5.02 Å². The summed E-state index contributed by atoms with van der Waals surface area (Å²) in [5, 5.41) is 13.9. The molecule has 0 saturated carbocycles. The minimum atomic E-state index is -3.94. The summed E-state index contributed by atoms with van der Waals surface area (Å²) in [5.74, 6) is -0.612. The lowest BCUT2D eigenvalue weighted by Crippen LogP contribution is -2.57. The lowest BCUT2D eigenvalue weighted by atomic mass is 10.1. The Balaban J connectivity index is 1.53. The smallest absolute Gasteiger partial charge is 0.280 e. The molecule has 1 aliphatic rings. The Hall–Kier alpha value is -2.33. The number of hydrogen-bond donors (Lipinski definition) is 4. The van der Waals surface area contributed by atoms with E-state index < -0.39 is 44.4 Å². The van der Waals surface area contributed by atoms with Crippen molar-refractivity contribution >= 4 is 54.5 Å². The summed E-state index contributed by atoms with van der Waals surface area (Å²) in [5.41, 5.74) is 1.53. The third-order valence-electron chi connectivity index (χ3n) is 5.51. The van der Waals surface area contributed by atoms with Crippen molar-refractivity contribution in [2.75, 3.05) is 23.3 Å². The van der Waals surface area contributed by atoms with Gasteiger partial charge in [0.1, 0.15) is 17.1 Å². The highest BCUT2D eigenvalue weighted by atomic mass is 35.5. The van der Waals surface area contributed by atoms with Gasteiger partial charge in [0, 0.05) is 24.6 Å². The van der Waals surface area contributed by atoms with Gasteiger partial charge in [0.2, 0.25) is 10.0 Å². The monoisotopic (exact) mass is 575 g/mol. The second-order valence-corrected chi connectivity index (χ2v) is 13.2. The van der Waals surface area contributed by atoms with Crippen LogP contribution in [0.3, 0.4) is 0 Å². The molecule has 0 amide bonds. The molecule has 2 heterocycles. The van der Waals surface area contributed by atoms with Gasteiger partial charge in [-0.1, -0.05) is 23.7 Å². The van der Waals surface area contributed by atoms with Gasteiger partial charge in [-0.3, -0.25) is 4.72 Å². The zero-order chi connectivity index (χ0) is 26.3. The van der Waals surface area contributed by atoms with E-state index in [1.165, 1.54) is 30.5 Å². The predicted molar refractivity (Wildman–Crippen MR) is 138 cm³/mol. The zero-order valence-corrected chi connectivity index (χ0v) is 22.2. The molecule has 36 heavy (non-hydrogen) atoms. The van der Waals surface area contributed by atoms with E-state index in [1.807, 2.05) is 0 Å². The van der Waals surface area contributed by atoms with Crippen LogP contribution >= 0.6 is 22.9 Å². The van der Waals surface area contributed by atoms with Crippen molar-refractivity contribution in [3.8, 4) is 10.4 Å². The van der Waals surface area contributed by atoms with Gasteiger partial charge in [-0.25, -0.2) is 17.8 Å². The number of benzene rings is 2. The molecule has 2 aromatic carbocycles. The number of anilines is 2. The molecular weight excluding hydrogens is 553 g/mol. The number of nitrogens with zero attached hydrogens (tertiary/aromatic N) is 2. The van der Waals surface area contributed by atoms with Gasteiger partial charge in [0.25, 0.3) is 10.2 Å². The number of aliphatic hydroxyl groups is 1. The molecule has 4 N–H and O–H groups in total. The van der Waals surface area contributed by atoms with Crippen LogP contribution in [0.5, 0.6) is 0 Å². The first kappa shape index (κ1) is 26.7. The first-order valence-corrected chi connectivity index (χ1v) is 15.0. The molecule has 1 aliphatic heterocycles. The molecule has 1 aromatic heterocycles. The van der Waals surface area contributed by atoms with Crippen LogP contribution < -0.4 is 14.8 Å². The third kappa shape index (κ3) is 6.14. The topological polar surface area (TPSA) is 141 Å². The van der Waals surface area contributed by atoms with Crippen molar-refractivity contribution in [1.82, 2.24) is 14.0 Å². The molecule has 194 valence electrons. The minimum Gasteiger partial charge on any atom is -0.372 e. The summed E-state index contributed by atoms with van der Waals surface area (Å²) >= 11 is 7.08. The van der Waals surface area contributed by atoms with Gasteiger partial charge in [-0.05, 0) is 42.3 Å².